The maximum atomic E-state index is 13.6. The summed E-state index contributed by atoms with van der Waals surface area (Å²) in [6.07, 6.45) is 0. The molecule has 1 atom stereocenters. The first-order valence-corrected chi connectivity index (χ1v) is 5.24. The molecule has 0 aliphatic carbocycles. The molecular formula is C10H10BrFN2O. The van der Waals surface area contributed by atoms with Gasteiger partial charge in [-0.25, -0.2) is 9.38 Å². The number of halogens is 2. The highest BCUT2D eigenvalue weighted by Gasteiger charge is 2.35. The molecule has 0 radical (unpaired) electrons. The van der Waals surface area contributed by atoms with E-state index in [-0.39, 0.29) is 18.4 Å². The van der Waals surface area contributed by atoms with Crippen molar-refractivity contribution in [2.24, 2.45) is 10.7 Å². The minimum Gasteiger partial charge on any atom is -0.462 e. The second kappa shape index (κ2) is 3.48. The summed E-state index contributed by atoms with van der Waals surface area (Å²) >= 11 is 3.30. The predicted octanol–water partition coefficient (Wildman–Crippen LogP) is 2.15. The Morgan fingerprint density at radius 1 is 1.60 bits per heavy atom. The van der Waals surface area contributed by atoms with Crippen LogP contribution in [0.25, 0.3) is 0 Å². The molecule has 5 heteroatoms. The molecular weight excluding hydrogens is 263 g/mol. The van der Waals surface area contributed by atoms with Gasteiger partial charge >= 0.3 is 0 Å². The van der Waals surface area contributed by atoms with Crippen molar-refractivity contribution >= 4 is 22.0 Å². The highest BCUT2D eigenvalue weighted by Crippen LogP contribution is 2.33. The van der Waals surface area contributed by atoms with Gasteiger partial charge in [0.15, 0.2) is 0 Å². The first-order valence-electron chi connectivity index (χ1n) is 4.45. The normalized spacial score (nSPS) is 24.9. The van der Waals surface area contributed by atoms with Crippen LogP contribution < -0.4 is 5.73 Å². The van der Waals surface area contributed by atoms with E-state index in [9.17, 15) is 4.39 Å². The van der Waals surface area contributed by atoms with Gasteiger partial charge < -0.3 is 10.5 Å². The largest absolute Gasteiger partial charge is 0.462 e. The van der Waals surface area contributed by atoms with E-state index in [0.717, 1.165) is 4.47 Å². The average Bonchev–Trinajstić information content (AvgIpc) is 2.52. The van der Waals surface area contributed by atoms with E-state index in [0.29, 0.717) is 5.56 Å². The molecule has 0 saturated heterocycles. The van der Waals surface area contributed by atoms with Crippen molar-refractivity contribution in [3.8, 4) is 0 Å². The number of amidine groups is 1. The number of hydrogen-bond donors (Lipinski definition) is 1. The van der Waals surface area contributed by atoms with E-state index in [2.05, 4.69) is 20.9 Å². The van der Waals surface area contributed by atoms with Crippen LogP contribution in [0.3, 0.4) is 0 Å². The Hall–Kier alpha value is -1.10. The van der Waals surface area contributed by atoms with Crippen LogP contribution in [0.4, 0.5) is 4.39 Å². The Labute approximate surface area is 95.3 Å². The van der Waals surface area contributed by atoms with E-state index in [1.165, 1.54) is 6.07 Å². The second-order valence-corrected chi connectivity index (χ2v) is 4.55. The van der Waals surface area contributed by atoms with Crippen molar-refractivity contribution in [1.29, 1.82) is 0 Å². The molecule has 0 saturated carbocycles. The van der Waals surface area contributed by atoms with Crippen molar-refractivity contribution in [2.45, 2.75) is 12.5 Å². The fourth-order valence-electron chi connectivity index (χ4n) is 1.57. The third-order valence-electron chi connectivity index (χ3n) is 2.37. The van der Waals surface area contributed by atoms with Crippen molar-refractivity contribution in [1.82, 2.24) is 0 Å². The zero-order valence-corrected chi connectivity index (χ0v) is 9.71. The molecule has 1 aliphatic heterocycles. The van der Waals surface area contributed by atoms with E-state index in [1.807, 2.05) is 0 Å². The van der Waals surface area contributed by atoms with Crippen molar-refractivity contribution in [3.63, 3.8) is 0 Å². The van der Waals surface area contributed by atoms with Gasteiger partial charge in [-0.1, -0.05) is 15.9 Å². The Balaban J connectivity index is 2.49. The van der Waals surface area contributed by atoms with Gasteiger partial charge in [-0.05, 0) is 25.1 Å². The molecule has 1 aromatic rings. The molecule has 0 spiro atoms. The average molecular weight is 273 g/mol. The van der Waals surface area contributed by atoms with Crippen molar-refractivity contribution in [3.05, 3.63) is 34.1 Å². The zero-order chi connectivity index (χ0) is 11.1. The van der Waals surface area contributed by atoms with Crippen LogP contribution in [0.2, 0.25) is 0 Å². The molecule has 80 valence electrons. The highest BCUT2D eigenvalue weighted by atomic mass is 79.9. The molecule has 1 aliphatic rings. The minimum atomic E-state index is -0.724. The molecule has 1 unspecified atom stereocenters. The smallest absolute Gasteiger partial charge is 0.283 e. The summed E-state index contributed by atoms with van der Waals surface area (Å²) in [5, 5.41) is 0. The lowest BCUT2D eigenvalue weighted by Crippen LogP contribution is -2.22. The molecule has 1 aromatic carbocycles. The third kappa shape index (κ3) is 1.84. The standard InChI is InChI=1S/C10H10BrFN2O/c1-10(5-15-9(13)14-10)7-4-6(11)2-3-8(7)12/h2-4H,5H2,1H3,(H2,13,14). The first-order chi connectivity index (χ1) is 7.01. The molecule has 2 N–H and O–H groups in total. The van der Waals surface area contributed by atoms with Crippen LogP contribution in [0.1, 0.15) is 12.5 Å². The Kier molecular flexibility index (Phi) is 2.42. The van der Waals surface area contributed by atoms with Gasteiger partial charge in [0.1, 0.15) is 18.0 Å². The number of ether oxygens (including phenoxy) is 1. The summed E-state index contributed by atoms with van der Waals surface area (Å²) in [4.78, 5) is 4.10. The summed E-state index contributed by atoms with van der Waals surface area (Å²) in [7, 11) is 0. The van der Waals surface area contributed by atoms with Crippen LogP contribution in [0.15, 0.2) is 27.7 Å². The summed E-state index contributed by atoms with van der Waals surface area (Å²) in [5.41, 5.74) is 5.19. The van der Waals surface area contributed by atoms with Crippen LogP contribution in [0, 0.1) is 5.82 Å². The highest BCUT2D eigenvalue weighted by molar-refractivity contribution is 9.10. The number of hydrogen-bond acceptors (Lipinski definition) is 3. The van der Waals surface area contributed by atoms with Gasteiger partial charge in [0, 0.05) is 10.0 Å². The van der Waals surface area contributed by atoms with Gasteiger partial charge in [-0.2, -0.15) is 0 Å². The predicted molar refractivity (Wildman–Crippen MR) is 59.0 cm³/mol. The second-order valence-electron chi connectivity index (χ2n) is 3.64. The molecule has 0 amide bonds. The van der Waals surface area contributed by atoms with E-state index in [4.69, 9.17) is 10.5 Å². The quantitative estimate of drug-likeness (QED) is 0.852. The number of aliphatic imine (C=N–C) groups is 1. The Morgan fingerprint density at radius 2 is 2.33 bits per heavy atom. The van der Waals surface area contributed by atoms with Crippen LogP contribution in [-0.2, 0) is 10.3 Å². The molecule has 1 heterocycles. The van der Waals surface area contributed by atoms with Crippen molar-refractivity contribution < 1.29 is 9.13 Å². The van der Waals surface area contributed by atoms with Gasteiger partial charge in [0.2, 0.25) is 0 Å². The Morgan fingerprint density at radius 3 is 2.93 bits per heavy atom. The van der Waals surface area contributed by atoms with Crippen LogP contribution in [0.5, 0.6) is 0 Å². The number of nitrogens with zero attached hydrogens (tertiary/aromatic N) is 1. The fourth-order valence-corrected chi connectivity index (χ4v) is 1.93. The zero-order valence-electron chi connectivity index (χ0n) is 8.13. The van der Waals surface area contributed by atoms with Gasteiger partial charge in [0.25, 0.3) is 6.02 Å². The lowest BCUT2D eigenvalue weighted by atomic mass is 9.94. The molecule has 0 bridgehead atoms. The lowest BCUT2D eigenvalue weighted by molar-refractivity contribution is 0.262. The fraction of sp³-hybridized carbons (Fsp3) is 0.300. The van der Waals surface area contributed by atoms with Crippen LogP contribution in [-0.4, -0.2) is 12.6 Å². The molecule has 2 rings (SSSR count). The summed E-state index contributed by atoms with van der Waals surface area (Å²) in [5.74, 6) is -0.303. The number of nitrogens with two attached hydrogens (primary N) is 1. The molecule has 0 fully saturated rings. The summed E-state index contributed by atoms with van der Waals surface area (Å²) in [6, 6.07) is 4.84. The maximum absolute atomic E-state index is 13.6. The van der Waals surface area contributed by atoms with Crippen LogP contribution >= 0.6 is 15.9 Å². The van der Waals surface area contributed by atoms with E-state index < -0.39 is 5.54 Å². The van der Waals surface area contributed by atoms with Gasteiger partial charge in [0.05, 0.1) is 0 Å². The third-order valence-corrected chi connectivity index (χ3v) is 2.86. The monoisotopic (exact) mass is 272 g/mol. The number of rotatable bonds is 1. The lowest BCUT2D eigenvalue weighted by Gasteiger charge is -2.19. The van der Waals surface area contributed by atoms with Gasteiger partial charge in [-0.15, -0.1) is 0 Å². The number of benzene rings is 1. The van der Waals surface area contributed by atoms with Gasteiger partial charge in [-0.3, -0.25) is 0 Å². The topological polar surface area (TPSA) is 47.6 Å². The summed E-state index contributed by atoms with van der Waals surface area (Å²) in [6.45, 7) is 2.06. The molecule has 15 heavy (non-hydrogen) atoms. The molecule has 3 nitrogen and oxygen atoms in total. The maximum Gasteiger partial charge on any atom is 0.283 e. The summed E-state index contributed by atoms with van der Waals surface area (Å²) < 4.78 is 19.5. The minimum absolute atomic E-state index is 0.108. The van der Waals surface area contributed by atoms with E-state index in [1.54, 1.807) is 19.1 Å². The molecule has 0 aromatic heterocycles. The Bertz CT molecular complexity index is 435. The first kappa shape index (κ1) is 10.4. The SMILES string of the molecule is CC1(c2cc(Br)ccc2F)COC(N)=N1. The van der Waals surface area contributed by atoms with Crippen molar-refractivity contribution in [2.75, 3.05) is 6.61 Å². The van der Waals surface area contributed by atoms with E-state index >= 15 is 0 Å².